The van der Waals surface area contributed by atoms with Crippen LogP contribution in [0.3, 0.4) is 0 Å². The average molecular weight is 372 g/mol. The van der Waals surface area contributed by atoms with E-state index in [1.807, 2.05) is 19.1 Å². The van der Waals surface area contributed by atoms with Crippen LogP contribution in [0.1, 0.15) is 21.5 Å². The maximum absolute atomic E-state index is 13.6. The Morgan fingerprint density at radius 1 is 1.10 bits per heavy atom. The van der Waals surface area contributed by atoms with Crippen molar-refractivity contribution in [3.63, 3.8) is 0 Å². The molecule has 0 spiro atoms. The van der Waals surface area contributed by atoms with Gasteiger partial charge in [0.25, 0.3) is 0 Å². The van der Waals surface area contributed by atoms with E-state index in [0.717, 1.165) is 16.7 Å². The lowest BCUT2D eigenvalue weighted by molar-refractivity contribution is 0.171. The van der Waals surface area contributed by atoms with Crippen LogP contribution in [0.4, 0.5) is 4.39 Å². The van der Waals surface area contributed by atoms with Crippen molar-refractivity contribution >= 4 is 27.5 Å². The molecule has 0 radical (unpaired) electrons. The maximum Gasteiger partial charge on any atom is 0.162 e. The molecule has 3 rings (SSSR count). The highest BCUT2D eigenvalue weighted by Crippen LogP contribution is 2.42. The summed E-state index contributed by atoms with van der Waals surface area (Å²) >= 11 is 9.92. The van der Waals surface area contributed by atoms with Crippen LogP contribution in [-0.4, -0.2) is 13.2 Å². The molecule has 2 nitrogen and oxygen atoms in total. The lowest BCUT2D eigenvalue weighted by atomic mass is 10.0. The number of ether oxygens (including phenoxy) is 2. The van der Waals surface area contributed by atoms with E-state index < -0.39 is 0 Å². The first kappa shape index (κ1) is 14.7. The van der Waals surface area contributed by atoms with Crippen molar-refractivity contribution in [2.24, 2.45) is 0 Å². The number of hydrogen-bond acceptors (Lipinski definition) is 2. The predicted octanol–water partition coefficient (Wildman–Crippen LogP) is 5.04. The SMILES string of the molecule is Cc1cc(F)cc(C(Br)c2cc3c(cc2Cl)OCCO3)c1. The zero-order chi connectivity index (χ0) is 15.0. The lowest BCUT2D eigenvalue weighted by Crippen LogP contribution is -2.15. The molecule has 0 aliphatic carbocycles. The molecule has 1 atom stereocenters. The summed E-state index contributed by atoms with van der Waals surface area (Å²) in [6.45, 7) is 2.89. The normalized spacial score (nSPS) is 14.9. The second-order valence-electron chi connectivity index (χ2n) is 4.94. The second kappa shape index (κ2) is 5.85. The van der Waals surface area contributed by atoms with Crippen molar-refractivity contribution < 1.29 is 13.9 Å². The van der Waals surface area contributed by atoms with Crippen molar-refractivity contribution in [3.8, 4) is 11.5 Å². The molecule has 110 valence electrons. The number of hydrogen-bond donors (Lipinski definition) is 0. The summed E-state index contributed by atoms with van der Waals surface area (Å²) in [4.78, 5) is -0.213. The van der Waals surface area contributed by atoms with Gasteiger partial charge in [-0.2, -0.15) is 0 Å². The van der Waals surface area contributed by atoms with E-state index >= 15 is 0 Å². The van der Waals surface area contributed by atoms with Crippen LogP contribution in [0.2, 0.25) is 5.02 Å². The lowest BCUT2D eigenvalue weighted by Gasteiger charge is -2.21. The van der Waals surface area contributed by atoms with Gasteiger partial charge >= 0.3 is 0 Å². The summed E-state index contributed by atoms with van der Waals surface area (Å²) in [5.74, 6) is 1.05. The smallest absolute Gasteiger partial charge is 0.162 e. The van der Waals surface area contributed by atoms with Gasteiger partial charge in [0.05, 0.1) is 4.83 Å². The second-order valence-corrected chi connectivity index (χ2v) is 6.26. The molecule has 0 fully saturated rings. The minimum Gasteiger partial charge on any atom is -0.486 e. The van der Waals surface area contributed by atoms with Crippen molar-refractivity contribution in [1.82, 2.24) is 0 Å². The Labute approximate surface area is 136 Å². The Morgan fingerprint density at radius 2 is 1.76 bits per heavy atom. The summed E-state index contributed by atoms with van der Waals surface area (Å²) < 4.78 is 24.7. The summed E-state index contributed by atoms with van der Waals surface area (Å²) in [7, 11) is 0. The Bertz CT molecular complexity index is 670. The van der Waals surface area contributed by atoms with Gasteiger partial charge in [-0.15, -0.1) is 0 Å². The van der Waals surface area contributed by atoms with Crippen molar-refractivity contribution in [3.05, 3.63) is 57.9 Å². The Balaban J connectivity index is 2.02. The van der Waals surface area contributed by atoms with E-state index in [0.29, 0.717) is 29.7 Å². The molecule has 0 aromatic heterocycles. The number of alkyl halides is 1. The zero-order valence-electron chi connectivity index (χ0n) is 11.3. The van der Waals surface area contributed by atoms with E-state index in [9.17, 15) is 4.39 Å². The van der Waals surface area contributed by atoms with Crippen LogP contribution < -0.4 is 9.47 Å². The van der Waals surface area contributed by atoms with Crippen LogP contribution in [-0.2, 0) is 0 Å². The van der Waals surface area contributed by atoms with Gasteiger partial charge in [-0.1, -0.05) is 33.6 Å². The highest BCUT2D eigenvalue weighted by molar-refractivity contribution is 9.09. The van der Waals surface area contributed by atoms with E-state index in [-0.39, 0.29) is 10.6 Å². The van der Waals surface area contributed by atoms with Gasteiger partial charge in [0.2, 0.25) is 0 Å². The average Bonchev–Trinajstić information content (AvgIpc) is 2.44. The number of aryl methyl sites for hydroxylation is 1. The molecule has 0 saturated heterocycles. The van der Waals surface area contributed by atoms with Crippen LogP contribution in [0.5, 0.6) is 11.5 Å². The monoisotopic (exact) mass is 370 g/mol. The summed E-state index contributed by atoms with van der Waals surface area (Å²) in [6, 6.07) is 8.51. The van der Waals surface area contributed by atoms with Gasteiger partial charge in [0.15, 0.2) is 11.5 Å². The third-order valence-corrected chi connectivity index (χ3v) is 4.64. The van der Waals surface area contributed by atoms with E-state index in [1.165, 1.54) is 12.1 Å². The van der Waals surface area contributed by atoms with Gasteiger partial charge in [-0.3, -0.25) is 0 Å². The fourth-order valence-electron chi connectivity index (χ4n) is 2.36. The molecule has 5 heteroatoms. The minimum atomic E-state index is -0.261. The van der Waals surface area contributed by atoms with E-state index in [4.69, 9.17) is 21.1 Å². The topological polar surface area (TPSA) is 18.5 Å². The molecular weight excluding hydrogens is 359 g/mol. The van der Waals surface area contributed by atoms with Crippen molar-refractivity contribution in [2.75, 3.05) is 13.2 Å². The summed E-state index contributed by atoms with van der Waals surface area (Å²) in [5, 5.41) is 0.558. The fraction of sp³-hybridized carbons (Fsp3) is 0.250. The number of fused-ring (bicyclic) bond motifs is 1. The Hall–Kier alpha value is -1.26. The van der Waals surface area contributed by atoms with Crippen LogP contribution in [0.15, 0.2) is 30.3 Å². The van der Waals surface area contributed by atoms with Gasteiger partial charge in [-0.25, -0.2) is 4.39 Å². The molecule has 0 saturated carbocycles. The fourth-order valence-corrected chi connectivity index (χ4v) is 3.40. The van der Waals surface area contributed by atoms with Crippen LogP contribution >= 0.6 is 27.5 Å². The molecule has 2 aromatic carbocycles. The van der Waals surface area contributed by atoms with Gasteiger partial charge < -0.3 is 9.47 Å². The highest BCUT2D eigenvalue weighted by atomic mass is 79.9. The summed E-state index contributed by atoms with van der Waals surface area (Å²) in [5.41, 5.74) is 2.50. The van der Waals surface area contributed by atoms with Gasteiger partial charge in [0, 0.05) is 11.1 Å². The number of halogens is 3. The number of rotatable bonds is 2. The van der Waals surface area contributed by atoms with Crippen molar-refractivity contribution in [2.45, 2.75) is 11.8 Å². The third-order valence-electron chi connectivity index (χ3n) is 3.29. The largest absolute Gasteiger partial charge is 0.486 e. The van der Waals surface area contributed by atoms with Gasteiger partial charge in [0.1, 0.15) is 19.0 Å². The Kier molecular flexibility index (Phi) is 4.09. The molecule has 2 aromatic rings. The standard InChI is InChI=1S/C16H13BrClFO2/c1-9-4-10(6-11(19)5-9)16(17)12-7-14-15(8-13(12)18)21-3-2-20-14/h4-8,16H,2-3H2,1H3. The number of benzene rings is 2. The molecule has 1 aliphatic rings. The maximum atomic E-state index is 13.6. The minimum absolute atomic E-state index is 0.213. The highest BCUT2D eigenvalue weighted by Gasteiger charge is 2.20. The van der Waals surface area contributed by atoms with Crippen LogP contribution in [0.25, 0.3) is 0 Å². The predicted molar refractivity (Wildman–Crippen MR) is 84.3 cm³/mol. The first-order chi connectivity index (χ1) is 10.0. The summed E-state index contributed by atoms with van der Waals surface area (Å²) in [6.07, 6.45) is 0. The van der Waals surface area contributed by atoms with E-state index in [1.54, 1.807) is 6.07 Å². The van der Waals surface area contributed by atoms with E-state index in [2.05, 4.69) is 15.9 Å². The molecule has 1 heterocycles. The zero-order valence-corrected chi connectivity index (χ0v) is 13.7. The molecule has 1 unspecified atom stereocenters. The molecule has 21 heavy (non-hydrogen) atoms. The van der Waals surface area contributed by atoms with Crippen molar-refractivity contribution in [1.29, 1.82) is 0 Å². The Morgan fingerprint density at radius 3 is 2.43 bits per heavy atom. The molecule has 0 N–H and O–H groups in total. The molecule has 1 aliphatic heterocycles. The molecular formula is C16H13BrClFO2. The molecule has 0 bridgehead atoms. The van der Waals surface area contributed by atoms with Crippen LogP contribution in [0, 0.1) is 12.7 Å². The third kappa shape index (κ3) is 3.01. The quantitative estimate of drug-likeness (QED) is 0.688. The first-order valence-corrected chi connectivity index (χ1v) is 7.84. The molecule has 0 amide bonds. The first-order valence-electron chi connectivity index (χ1n) is 6.55. The van der Waals surface area contributed by atoms with Gasteiger partial charge in [-0.05, 0) is 41.8 Å².